The van der Waals surface area contributed by atoms with E-state index in [0.717, 1.165) is 18.4 Å². The van der Waals surface area contributed by atoms with Gasteiger partial charge in [-0.2, -0.15) is 18.3 Å². The van der Waals surface area contributed by atoms with Crippen LogP contribution in [-0.2, 0) is 27.4 Å². The summed E-state index contributed by atoms with van der Waals surface area (Å²) in [6.07, 6.45) is -4.86. The van der Waals surface area contributed by atoms with Gasteiger partial charge in [-0.05, 0) is 88.2 Å². The van der Waals surface area contributed by atoms with Gasteiger partial charge in [0.15, 0.2) is 25.6 Å². The average molecular weight is 909 g/mol. The van der Waals surface area contributed by atoms with Crippen molar-refractivity contribution in [3.05, 3.63) is 57.0 Å². The van der Waals surface area contributed by atoms with Crippen LogP contribution >= 0.6 is 22.6 Å². The highest BCUT2D eigenvalue weighted by Gasteiger charge is 2.40. The Bertz CT molecular complexity index is 2070. The second-order valence-electron chi connectivity index (χ2n) is 16.2. The van der Waals surface area contributed by atoms with Crippen molar-refractivity contribution in [2.24, 2.45) is 0 Å². The van der Waals surface area contributed by atoms with Crippen LogP contribution < -0.4 is 14.0 Å². The Morgan fingerprint density at radius 3 is 2.15 bits per heavy atom. The van der Waals surface area contributed by atoms with Crippen molar-refractivity contribution in [1.29, 1.82) is 0 Å². The molecule has 0 saturated heterocycles. The lowest BCUT2D eigenvalue weighted by atomic mass is 10.0. The van der Waals surface area contributed by atoms with E-state index in [-0.39, 0.29) is 63.9 Å². The molecule has 0 unspecified atom stereocenters. The van der Waals surface area contributed by atoms with Crippen LogP contribution in [-0.4, -0.2) is 70.8 Å². The van der Waals surface area contributed by atoms with Gasteiger partial charge in [0.1, 0.15) is 15.3 Å². The quantitative estimate of drug-likeness (QED) is 0.0773. The first-order valence-corrected chi connectivity index (χ1v) is 25.8. The van der Waals surface area contributed by atoms with E-state index in [2.05, 4.69) is 59.3 Å². The molecule has 2 aromatic heterocycles. The number of fused-ring (bicyclic) bond motifs is 1. The molecular weight excluding hydrogens is 860 g/mol. The maximum Gasteiger partial charge on any atom is 0.393 e. The number of aromatic amines is 1. The maximum atomic E-state index is 15.7. The first-order chi connectivity index (χ1) is 24.1. The molecule has 18 heteroatoms. The third-order valence-electron chi connectivity index (χ3n) is 10.0. The topological polar surface area (TPSA) is 122 Å². The van der Waals surface area contributed by atoms with Gasteiger partial charge in [-0.15, -0.1) is 0 Å². The van der Waals surface area contributed by atoms with Crippen LogP contribution in [0.2, 0.25) is 36.3 Å². The number of rotatable bonds is 13. The van der Waals surface area contributed by atoms with E-state index in [9.17, 15) is 21.6 Å². The molecule has 2 aromatic carbocycles. The Hall–Kier alpha value is -2.82. The monoisotopic (exact) mass is 908 g/mol. The lowest BCUT2D eigenvalue weighted by molar-refractivity contribution is -0.127. The van der Waals surface area contributed by atoms with E-state index < -0.39 is 45.1 Å². The molecule has 10 nitrogen and oxygen atoms in total. The molecule has 0 aliphatic rings. The van der Waals surface area contributed by atoms with Gasteiger partial charge >= 0.3 is 6.18 Å². The number of hydrogen-bond acceptors (Lipinski definition) is 8. The Morgan fingerprint density at radius 1 is 0.943 bits per heavy atom. The molecule has 0 atom stereocenters. The minimum Gasteiger partial charge on any atom is -0.542 e. The average Bonchev–Trinajstić information content (AvgIpc) is 3.37. The number of anilines is 2. The fourth-order valence-electron chi connectivity index (χ4n) is 4.96. The van der Waals surface area contributed by atoms with E-state index in [0.29, 0.717) is 20.3 Å². The van der Waals surface area contributed by atoms with Gasteiger partial charge in [-0.3, -0.25) is 9.40 Å². The Balaban J connectivity index is 1.75. The number of H-pyrrole nitrogens is 1. The SMILES string of the molecule is CC(C)(C)[Si](C)(C)OCCN(c1ccccc1CNc1nc(-c2cc(F)c(O[Si](C)(C)C(C)(C)C)cc2CC(F)(F)F)nc2n[nH]c(I)c12)S(C)(=O)=O. The number of benzene rings is 2. The zero-order chi connectivity index (χ0) is 39.9. The summed E-state index contributed by atoms with van der Waals surface area (Å²) in [5, 5.41) is 10.4. The highest BCUT2D eigenvalue weighted by molar-refractivity contribution is 14.1. The highest BCUT2D eigenvalue weighted by Crippen LogP contribution is 2.41. The van der Waals surface area contributed by atoms with Crippen LogP contribution in [0.3, 0.4) is 0 Å². The van der Waals surface area contributed by atoms with Gasteiger partial charge < -0.3 is 14.2 Å². The van der Waals surface area contributed by atoms with Crippen LogP contribution in [0.5, 0.6) is 5.75 Å². The van der Waals surface area contributed by atoms with Crippen molar-refractivity contribution in [1.82, 2.24) is 20.2 Å². The minimum absolute atomic E-state index is 0.0586. The molecule has 0 saturated carbocycles. The van der Waals surface area contributed by atoms with Gasteiger partial charge in [-0.1, -0.05) is 59.7 Å². The smallest absolute Gasteiger partial charge is 0.393 e. The van der Waals surface area contributed by atoms with E-state index in [4.69, 9.17) is 8.85 Å². The minimum atomic E-state index is -4.63. The normalized spacial score (nSPS) is 13.4. The molecule has 0 amide bonds. The molecule has 0 aliphatic carbocycles. The first-order valence-electron chi connectivity index (χ1n) is 17.0. The second kappa shape index (κ2) is 15.4. The molecule has 0 fully saturated rings. The lowest BCUT2D eigenvalue weighted by Crippen LogP contribution is -2.44. The Morgan fingerprint density at radius 2 is 1.57 bits per heavy atom. The van der Waals surface area contributed by atoms with Crippen molar-refractivity contribution in [3.8, 4) is 17.1 Å². The fraction of sp³-hybridized carbons (Fsp3) is 0.514. The standard InChI is InChI=1S/C35H49F4IN6O4SSi2/c1-33(2,3)52(8,9)49-17-16-46(51(7,47)48)26-15-13-12-14-22(26)21-41-31-28-29(40)44-45-32(28)43-30(42-31)24-19-25(36)27(18-23(24)20-35(37,38)39)50-53(10,11)34(4,5)6/h12-15,18-19H,16-17,20-21H2,1-11H3,(H2,41,42,43,44,45). The molecule has 0 spiro atoms. The fourth-order valence-corrected chi connectivity index (χ4v) is 8.56. The third-order valence-corrected chi connectivity index (χ3v) is 20.8. The van der Waals surface area contributed by atoms with Gasteiger partial charge in [0.05, 0.1) is 36.9 Å². The molecular formula is C35H49F4IN6O4SSi2. The molecule has 2 heterocycles. The molecule has 0 aliphatic heterocycles. The summed E-state index contributed by atoms with van der Waals surface area (Å²) in [7, 11) is -8.50. The number of aromatic nitrogens is 4. The number of sulfonamides is 1. The van der Waals surface area contributed by atoms with E-state index in [1.54, 1.807) is 24.3 Å². The summed E-state index contributed by atoms with van der Waals surface area (Å²) in [5.41, 5.74) is 0.775. The van der Waals surface area contributed by atoms with Crippen LogP contribution in [0.4, 0.5) is 29.1 Å². The number of halogens is 5. The van der Waals surface area contributed by atoms with Gasteiger partial charge in [0.25, 0.3) is 8.32 Å². The second-order valence-corrected chi connectivity index (χ2v) is 28.7. The van der Waals surface area contributed by atoms with Crippen molar-refractivity contribution in [3.63, 3.8) is 0 Å². The molecule has 292 valence electrons. The molecule has 2 N–H and O–H groups in total. The van der Waals surface area contributed by atoms with E-state index in [1.807, 2.05) is 56.5 Å². The van der Waals surface area contributed by atoms with Crippen LogP contribution in [0.25, 0.3) is 22.4 Å². The van der Waals surface area contributed by atoms with Crippen LogP contribution in [0.15, 0.2) is 36.4 Å². The number of hydrogen-bond donors (Lipinski definition) is 2. The molecule has 0 bridgehead atoms. The summed E-state index contributed by atoms with van der Waals surface area (Å²) < 4.78 is 98.1. The number of nitrogens with zero attached hydrogens (tertiary/aromatic N) is 4. The summed E-state index contributed by atoms with van der Waals surface area (Å²) in [5.74, 6) is -1.05. The van der Waals surface area contributed by atoms with E-state index >= 15 is 4.39 Å². The first kappa shape index (κ1) is 42.9. The summed E-state index contributed by atoms with van der Waals surface area (Å²) >= 11 is 2.01. The third kappa shape index (κ3) is 10.3. The zero-order valence-corrected chi connectivity index (χ0v) is 37.0. The van der Waals surface area contributed by atoms with Crippen molar-refractivity contribution in [2.45, 2.75) is 96.9 Å². The number of nitrogens with one attached hydrogen (secondary N) is 2. The van der Waals surface area contributed by atoms with Gasteiger partial charge in [0.2, 0.25) is 10.0 Å². The summed E-state index contributed by atoms with van der Waals surface area (Å²) in [4.78, 5) is 9.06. The van der Waals surface area contributed by atoms with Crippen molar-refractivity contribution >= 4 is 71.8 Å². The van der Waals surface area contributed by atoms with Gasteiger partial charge in [0, 0.05) is 12.1 Å². The number of para-hydroxylation sites is 1. The number of alkyl halides is 3. The Labute approximate surface area is 325 Å². The predicted octanol–water partition coefficient (Wildman–Crippen LogP) is 9.65. The maximum absolute atomic E-state index is 15.7. The zero-order valence-electron chi connectivity index (χ0n) is 32.0. The van der Waals surface area contributed by atoms with Crippen molar-refractivity contribution < 1.29 is 34.8 Å². The van der Waals surface area contributed by atoms with E-state index in [1.165, 1.54) is 4.31 Å². The highest BCUT2D eigenvalue weighted by atomic mass is 127. The summed E-state index contributed by atoms with van der Waals surface area (Å²) in [6, 6.07) is 9.06. The lowest BCUT2D eigenvalue weighted by Gasteiger charge is -2.37. The molecule has 4 rings (SSSR count). The van der Waals surface area contributed by atoms with Crippen LogP contribution in [0, 0.1) is 9.52 Å². The molecule has 0 radical (unpaired) electrons. The summed E-state index contributed by atoms with van der Waals surface area (Å²) in [6.45, 7) is 20.5. The molecule has 4 aromatic rings. The largest absolute Gasteiger partial charge is 0.542 e. The predicted molar refractivity (Wildman–Crippen MR) is 216 cm³/mol. The Kier molecular flexibility index (Phi) is 12.4. The van der Waals surface area contributed by atoms with Crippen molar-refractivity contribution in [2.75, 3.05) is 29.0 Å². The van der Waals surface area contributed by atoms with Gasteiger partial charge in [-0.25, -0.2) is 22.8 Å². The molecule has 53 heavy (non-hydrogen) atoms. The van der Waals surface area contributed by atoms with Crippen LogP contribution in [0.1, 0.15) is 52.7 Å².